The molecule has 0 fully saturated rings. The summed E-state index contributed by atoms with van der Waals surface area (Å²) < 4.78 is 10.5. The zero-order chi connectivity index (χ0) is 13.1. The van der Waals surface area contributed by atoms with E-state index in [-0.39, 0.29) is 24.1 Å². The van der Waals surface area contributed by atoms with E-state index in [1.165, 1.54) is 13.8 Å². The maximum Gasteiger partial charge on any atom is 0.303 e. The van der Waals surface area contributed by atoms with Gasteiger partial charge in [0.1, 0.15) is 12.2 Å². The van der Waals surface area contributed by atoms with Crippen molar-refractivity contribution in [2.45, 2.75) is 38.9 Å². The first kappa shape index (κ1) is 12.6. The number of hydrogen-bond acceptors (Lipinski definition) is 4. The van der Waals surface area contributed by atoms with Crippen molar-refractivity contribution in [3.8, 4) is 0 Å². The first-order valence-corrected chi connectivity index (χ1v) is 5.97. The molecule has 0 saturated heterocycles. The predicted molar refractivity (Wildman–Crippen MR) is 65.0 cm³/mol. The molecule has 4 nitrogen and oxygen atoms in total. The van der Waals surface area contributed by atoms with Crippen molar-refractivity contribution in [3.05, 3.63) is 35.4 Å². The van der Waals surface area contributed by atoms with Gasteiger partial charge in [-0.3, -0.25) is 9.59 Å². The average molecular weight is 248 g/mol. The Bertz CT molecular complexity index is 424. The average Bonchev–Trinajstić information content (AvgIpc) is 2.28. The Hall–Kier alpha value is -1.84. The Balaban J connectivity index is 2.21. The molecule has 18 heavy (non-hydrogen) atoms. The SMILES string of the molecule is CC(=O)O[C@H]1Cc2ccccc2C[C@H]1OC(C)=O. The normalized spacial score (nSPS) is 21.9. The van der Waals surface area contributed by atoms with Crippen LogP contribution in [0.4, 0.5) is 0 Å². The van der Waals surface area contributed by atoms with E-state index in [1.54, 1.807) is 0 Å². The molecule has 0 heterocycles. The lowest BCUT2D eigenvalue weighted by molar-refractivity contribution is -0.165. The second-order valence-electron chi connectivity index (χ2n) is 4.47. The van der Waals surface area contributed by atoms with Crippen molar-refractivity contribution in [1.29, 1.82) is 0 Å². The number of hydrogen-bond donors (Lipinski definition) is 0. The number of esters is 2. The molecular formula is C14H16O4. The van der Waals surface area contributed by atoms with Crippen LogP contribution >= 0.6 is 0 Å². The molecule has 0 unspecified atom stereocenters. The van der Waals surface area contributed by atoms with Gasteiger partial charge >= 0.3 is 11.9 Å². The monoisotopic (exact) mass is 248 g/mol. The van der Waals surface area contributed by atoms with Gasteiger partial charge in [0.15, 0.2) is 0 Å². The Kier molecular flexibility index (Phi) is 3.65. The highest BCUT2D eigenvalue weighted by atomic mass is 16.6. The molecule has 0 bridgehead atoms. The third-order valence-electron chi connectivity index (χ3n) is 3.01. The van der Waals surface area contributed by atoms with Crippen LogP contribution in [0.5, 0.6) is 0 Å². The van der Waals surface area contributed by atoms with Gasteiger partial charge in [0, 0.05) is 26.7 Å². The summed E-state index contributed by atoms with van der Waals surface area (Å²) in [6, 6.07) is 7.93. The number of carbonyl (C=O) groups excluding carboxylic acids is 2. The summed E-state index contributed by atoms with van der Waals surface area (Å²) in [4.78, 5) is 22.2. The lowest BCUT2D eigenvalue weighted by Gasteiger charge is -2.31. The molecule has 1 aliphatic carbocycles. The van der Waals surface area contributed by atoms with Gasteiger partial charge in [-0.05, 0) is 11.1 Å². The van der Waals surface area contributed by atoms with Crippen molar-refractivity contribution in [3.63, 3.8) is 0 Å². The Morgan fingerprint density at radius 2 is 1.33 bits per heavy atom. The standard InChI is InChI=1S/C14H16O4/c1-9(15)17-13-7-11-5-3-4-6-12(11)8-14(13)18-10(2)16/h3-6,13-14H,7-8H2,1-2H3/t13-,14+. The molecular weight excluding hydrogens is 232 g/mol. The van der Waals surface area contributed by atoms with Crippen LogP contribution in [0.25, 0.3) is 0 Å². The summed E-state index contributed by atoms with van der Waals surface area (Å²) in [5.74, 6) is -0.701. The van der Waals surface area contributed by atoms with Crippen LogP contribution in [0, 0.1) is 0 Å². The molecule has 4 heteroatoms. The highest BCUT2D eigenvalue weighted by Gasteiger charge is 2.32. The van der Waals surface area contributed by atoms with E-state index in [1.807, 2.05) is 24.3 Å². The third-order valence-corrected chi connectivity index (χ3v) is 3.01. The third kappa shape index (κ3) is 2.88. The van der Waals surface area contributed by atoms with Gasteiger partial charge < -0.3 is 9.47 Å². The predicted octanol–water partition coefficient (Wildman–Crippen LogP) is 1.65. The molecule has 0 spiro atoms. The van der Waals surface area contributed by atoms with Gasteiger partial charge in [0.2, 0.25) is 0 Å². The number of rotatable bonds is 2. The van der Waals surface area contributed by atoms with Crippen molar-refractivity contribution in [1.82, 2.24) is 0 Å². The molecule has 1 aromatic carbocycles. The summed E-state index contributed by atoms with van der Waals surface area (Å²) in [5, 5.41) is 0. The summed E-state index contributed by atoms with van der Waals surface area (Å²) in [7, 11) is 0. The van der Waals surface area contributed by atoms with E-state index >= 15 is 0 Å². The minimum atomic E-state index is -0.388. The molecule has 0 aliphatic heterocycles. The van der Waals surface area contributed by atoms with Crippen LogP contribution < -0.4 is 0 Å². The van der Waals surface area contributed by atoms with Crippen LogP contribution in [0.15, 0.2) is 24.3 Å². The van der Waals surface area contributed by atoms with E-state index in [2.05, 4.69) is 0 Å². The second-order valence-corrected chi connectivity index (χ2v) is 4.47. The van der Waals surface area contributed by atoms with Gasteiger partial charge in [-0.1, -0.05) is 24.3 Å². The van der Waals surface area contributed by atoms with Crippen molar-refractivity contribution >= 4 is 11.9 Å². The second kappa shape index (κ2) is 5.21. The summed E-state index contributed by atoms with van der Waals surface area (Å²) in [6.07, 6.45) is 0.407. The van der Waals surface area contributed by atoms with Crippen LogP contribution in [-0.4, -0.2) is 24.1 Å². The van der Waals surface area contributed by atoms with Crippen LogP contribution in [-0.2, 0) is 31.9 Å². The van der Waals surface area contributed by atoms with Gasteiger partial charge in [0.05, 0.1) is 0 Å². The molecule has 0 saturated carbocycles. The lowest BCUT2D eigenvalue weighted by Crippen LogP contribution is -2.41. The van der Waals surface area contributed by atoms with Crippen molar-refractivity contribution in [2.24, 2.45) is 0 Å². The first-order valence-electron chi connectivity index (χ1n) is 5.97. The summed E-state index contributed by atoms with van der Waals surface area (Å²) >= 11 is 0. The molecule has 0 radical (unpaired) electrons. The smallest absolute Gasteiger partial charge is 0.303 e. The van der Waals surface area contributed by atoms with Gasteiger partial charge in [-0.2, -0.15) is 0 Å². The van der Waals surface area contributed by atoms with Gasteiger partial charge in [-0.25, -0.2) is 0 Å². The number of fused-ring (bicyclic) bond motifs is 1. The lowest BCUT2D eigenvalue weighted by atomic mass is 9.87. The Labute approximate surface area is 106 Å². The van der Waals surface area contributed by atoms with Crippen molar-refractivity contribution in [2.75, 3.05) is 0 Å². The number of ether oxygens (including phenoxy) is 2. The highest BCUT2D eigenvalue weighted by Crippen LogP contribution is 2.25. The van der Waals surface area contributed by atoms with Crippen molar-refractivity contribution < 1.29 is 19.1 Å². The molecule has 96 valence electrons. The van der Waals surface area contributed by atoms with E-state index in [0.717, 1.165) is 11.1 Å². The minimum absolute atomic E-state index is 0.350. The topological polar surface area (TPSA) is 52.6 Å². The largest absolute Gasteiger partial charge is 0.458 e. The molecule has 0 N–H and O–H groups in total. The highest BCUT2D eigenvalue weighted by molar-refractivity contribution is 5.67. The quantitative estimate of drug-likeness (QED) is 0.747. The van der Waals surface area contributed by atoms with E-state index in [9.17, 15) is 9.59 Å². The maximum atomic E-state index is 11.1. The Morgan fingerprint density at radius 1 is 0.944 bits per heavy atom. The van der Waals surface area contributed by atoms with E-state index in [0.29, 0.717) is 12.8 Å². The molecule has 2 atom stereocenters. The molecule has 0 amide bonds. The number of carbonyl (C=O) groups is 2. The fourth-order valence-electron chi connectivity index (χ4n) is 2.31. The van der Waals surface area contributed by atoms with Crippen LogP contribution in [0.3, 0.4) is 0 Å². The molecule has 0 aromatic heterocycles. The first-order chi connectivity index (χ1) is 8.56. The van der Waals surface area contributed by atoms with Crippen LogP contribution in [0.2, 0.25) is 0 Å². The van der Waals surface area contributed by atoms with E-state index in [4.69, 9.17) is 9.47 Å². The van der Waals surface area contributed by atoms with Gasteiger partial charge in [-0.15, -0.1) is 0 Å². The van der Waals surface area contributed by atoms with E-state index < -0.39 is 0 Å². The fourth-order valence-corrected chi connectivity index (χ4v) is 2.31. The fraction of sp³-hybridized carbons (Fsp3) is 0.429. The zero-order valence-electron chi connectivity index (χ0n) is 10.5. The summed E-state index contributed by atoms with van der Waals surface area (Å²) in [6.45, 7) is 2.73. The maximum absolute atomic E-state index is 11.1. The minimum Gasteiger partial charge on any atom is -0.458 e. The molecule has 1 aromatic rings. The Morgan fingerprint density at radius 3 is 1.67 bits per heavy atom. The zero-order valence-corrected chi connectivity index (χ0v) is 10.5. The molecule has 2 rings (SSSR count). The molecule has 1 aliphatic rings. The number of benzene rings is 1. The van der Waals surface area contributed by atoms with Crippen LogP contribution in [0.1, 0.15) is 25.0 Å². The summed E-state index contributed by atoms with van der Waals surface area (Å²) in [5.41, 5.74) is 2.29. The van der Waals surface area contributed by atoms with Gasteiger partial charge in [0.25, 0.3) is 0 Å².